The van der Waals surface area contributed by atoms with Gasteiger partial charge in [-0.05, 0) is 57.2 Å². The molecule has 1 N–H and O–H groups in total. The van der Waals surface area contributed by atoms with Gasteiger partial charge in [0.05, 0.1) is 23.4 Å². The predicted molar refractivity (Wildman–Crippen MR) is 145 cm³/mol. The van der Waals surface area contributed by atoms with E-state index in [9.17, 15) is 14.9 Å². The van der Waals surface area contributed by atoms with Crippen LogP contribution < -0.4 is 5.32 Å². The number of thiophene rings is 1. The number of aryl methyl sites for hydroxylation is 2. The standard InChI is InChI=1S/C28H29N3O3S2/c1-3-34-28(33)25-21-7-5-4-6-8-23(21)36-27(25)31-24(32)15-16-35-26-20(17-29)13-14-22(30-26)19-11-9-18(2)10-12-19/h9-14H,3-8,15-16H2,1-2H3,(H,31,32). The third-order valence-electron chi connectivity index (χ3n) is 6.05. The first-order valence-electron chi connectivity index (χ1n) is 12.2. The maximum absolute atomic E-state index is 12.8. The number of carbonyl (C=O) groups excluding carboxylic acids is 2. The molecule has 6 nitrogen and oxygen atoms in total. The Morgan fingerprint density at radius 1 is 1.14 bits per heavy atom. The maximum Gasteiger partial charge on any atom is 0.341 e. The van der Waals surface area contributed by atoms with Gasteiger partial charge in [-0.25, -0.2) is 9.78 Å². The number of anilines is 1. The lowest BCUT2D eigenvalue weighted by molar-refractivity contribution is -0.115. The fourth-order valence-corrected chi connectivity index (χ4v) is 6.41. The number of nitrogens with zero attached hydrogens (tertiary/aromatic N) is 2. The van der Waals surface area contributed by atoms with Crippen molar-refractivity contribution in [2.24, 2.45) is 0 Å². The summed E-state index contributed by atoms with van der Waals surface area (Å²) in [4.78, 5) is 31.4. The van der Waals surface area contributed by atoms with Gasteiger partial charge in [0, 0.05) is 22.6 Å². The second kappa shape index (κ2) is 12.2. The van der Waals surface area contributed by atoms with Gasteiger partial charge in [0.2, 0.25) is 5.91 Å². The number of rotatable bonds is 8. The van der Waals surface area contributed by atoms with Crippen LogP contribution in [0.2, 0.25) is 0 Å². The van der Waals surface area contributed by atoms with Crippen molar-refractivity contribution in [2.75, 3.05) is 17.7 Å². The summed E-state index contributed by atoms with van der Waals surface area (Å²) in [6.45, 7) is 4.12. The van der Waals surface area contributed by atoms with E-state index in [-0.39, 0.29) is 18.3 Å². The van der Waals surface area contributed by atoms with Crippen molar-refractivity contribution in [3.63, 3.8) is 0 Å². The lowest BCUT2D eigenvalue weighted by Crippen LogP contribution is -2.15. The first-order chi connectivity index (χ1) is 17.5. The molecule has 0 saturated carbocycles. The molecule has 186 valence electrons. The number of aromatic nitrogens is 1. The summed E-state index contributed by atoms with van der Waals surface area (Å²) in [5.74, 6) is -0.0694. The third-order valence-corrected chi connectivity index (χ3v) is 8.25. The van der Waals surface area contributed by atoms with Crippen molar-refractivity contribution in [1.82, 2.24) is 4.98 Å². The van der Waals surface area contributed by atoms with E-state index in [1.165, 1.54) is 33.5 Å². The van der Waals surface area contributed by atoms with Gasteiger partial charge in [0.15, 0.2) is 0 Å². The van der Waals surface area contributed by atoms with Gasteiger partial charge in [-0.1, -0.05) is 36.2 Å². The second-order valence-electron chi connectivity index (χ2n) is 8.66. The summed E-state index contributed by atoms with van der Waals surface area (Å²) >= 11 is 2.89. The van der Waals surface area contributed by atoms with E-state index in [0.717, 1.165) is 48.9 Å². The normalized spacial score (nSPS) is 12.8. The monoisotopic (exact) mass is 519 g/mol. The molecule has 2 heterocycles. The van der Waals surface area contributed by atoms with Crippen LogP contribution in [0, 0.1) is 18.3 Å². The molecular weight excluding hydrogens is 490 g/mol. The van der Waals surface area contributed by atoms with Gasteiger partial charge >= 0.3 is 5.97 Å². The molecule has 1 aliphatic rings. The Hall–Kier alpha value is -3.15. The molecular formula is C28H29N3O3S2. The number of carbonyl (C=O) groups is 2. The molecule has 0 radical (unpaired) electrons. The highest BCUT2D eigenvalue weighted by Gasteiger charge is 2.26. The van der Waals surface area contributed by atoms with E-state index in [1.807, 2.05) is 37.3 Å². The van der Waals surface area contributed by atoms with Gasteiger partial charge in [0.25, 0.3) is 0 Å². The Morgan fingerprint density at radius 2 is 1.92 bits per heavy atom. The minimum atomic E-state index is -0.364. The number of esters is 1. The van der Waals surface area contributed by atoms with Crippen LogP contribution in [0.15, 0.2) is 41.4 Å². The quantitative estimate of drug-likeness (QED) is 0.206. The largest absolute Gasteiger partial charge is 0.462 e. The average molecular weight is 520 g/mol. The minimum absolute atomic E-state index is 0.169. The molecule has 0 bridgehead atoms. The van der Waals surface area contributed by atoms with Crippen LogP contribution >= 0.6 is 23.1 Å². The number of thioether (sulfide) groups is 1. The van der Waals surface area contributed by atoms with E-state index >= 15 is 0 Å². The molecule has 1 aromatic carbocycles. The summed E-state index contributed by atoms with van der Waals surface area (Å²) in [5, 5.41) is 13.7. The van der Waals surface area contributed by atoms with Crippen LogP contribution in [-0.4, -0.2) is 29.2 Å². The van der Waals surface area contributed by atoms with Crippen molar-refractivity contribution in [3.8, 4) is 17.3 Å². The number of pyridine rings is 1. The molecule has 0 fully saturated rings. The summed E-state index contributed by atoms with van der Waals surface area (Å²) in [7, 11) is 0. The van der Waals surface area contributed by atoms with Crippen LogP contribution in [-0.2, 0) is 22.4 Å². The summed E-state index contributed by atoms with van der Waals surface area (Å²) in [6, 6.07) is 13.9. The topological polar surface area (TPSA) is 92.1 Å². The van der Waals surface area contributed by atoms with Crippen molar-refractivity contribution in [2.45, 2.75) is 57.4 Å². The van der Waals surface area contributed by atoms with Crippen LogP contribution in [0.25, 0.3) is 11.3 Å². The number of benzene rings is 1. The Labute approximate surface area is 220 Å². The zero-order chi connectivity index (χ0) is 25.5. The van der Waals surface area contributed by atoms with E-state index < -0.39 is 0 Å². The Balaban J connectivity index is 1.44. The molecule has 1 aliphatic carbocycles. The molecule has 3 aromatic rings. The molecule has 1 amide bonds. The van der Waals surface area contributed by atoms with Crippen LogP contribution in [0.1, 0.15) is 64.5 Å². The zero-order valence-corrected chi connectivity index (χ0v) is 22.2. The van der Waals surface area contributed by atoms with Crippen molar-refractivity contribution < 1.29 is 14.3 Å². The number of hydrogen-bond acceptors (Lipinski definition) is 7. The smallest absolute Gasteiger partial charge is 0.341 e. The van der Waals surface area contributed by atoms with Gasteiger partial charge < -0.3 is 10.1 Å². The van der Waals surface area contributed by atoms with Crippen LogP contribution in [0.3, 0.4) is 0 Å². The fourth-order valence-electron chi connectivity index (χ4n) is 4.20. The number of amides is 1. The summed E-state index contributed by atoms with van der Waals surface area (Å²) in [5.41, 5.74) is 4.99. The van der Waals surface area contributed by atoms with E-state index in [4.69, 9.17) is 4.74 Å². The SMILES string of the molecule is CCOC(=O)c1c(NC(=O)CCSc2nc(-c3ccc(C)cc3)ccc2C#N)sc2c1CCCCC2. The van der Waals surface area contributed by atoms with Crippen molar-refractivity contribution in [3.05, 3.63) is 63.5 Å². The zero-order valence-electron chi connectivity index (χ0n) is 20.6. The number of ether oxygens (including phenoxy) is 1. The summed E-state index contributed by atoms with van der Waals surface area (Å²) < 4.78 is 5.31. The van der Waals surface area contributed by atoms with Gasteiger partial charge in [-0.3, -0.25) is 4.79 Å². The highest BCUT2D eigenvalue weighted by atomic mass is 32.2. The van der Waals surface area contributed by atoms with Gasteiger partial charge in [-0.15, -0.1) is 23.1 Å². The molecule has 4 rings (SSSR count). The number of nitriles is 1. The van der Waals surface area contributed by atoms with Gasteiger partial charge in [-0.2, -0.15) is 5.26 Å². The Morgan fingerprint density at radius 3 is 2.67 bits per heavy atom. The third kappa shape index (κ3) is 6.15. The molecule has 0 spiro atoms. The highest BCUT2D eigenvalue weighted by molar-refractivity contribution is 7.99. The van der Waals surface area contributed by atoms with E-state index in [1.54, 1.807) is 13.0 Å². The maximum atomic E-state index is 12.8. The number of hydrogen-bond donors (Lipinski definition) is 1. The molecule has 8 heteroatoms. The molecule has 0 aliphatic heterocycles. The molecule has 0 saturated heterocycles. The molecule has 36 heavy (non-hydrogen) atoms. The van der Waals surface area contributed by atoms with E-state index in [2.05, 4.69) is 16.4 Å². The molecule has 0 unspecified atom stereocenters. The fraction of sp³-hybridized carbons (Fsp3) is 0.357. The second-order valence-corrected chi connectivity index (χ2v) is 10.9. The number of nitrogens with one attached hydrogen (secondary N) is 1. The predicted octanol–water partition coefficient (Wildman–Crippen LogP) is 6.56. The lowest BCUT2D eigenvalue weighted by atomic mass is 10.1. The van der Waals surface area contributed by atoms with E-state index in [0.29, 0.717) is 33.5 Å². The highest BCUT2D eigenvalue weighted by Crippen LogP contribution is 2.38. The van der Waals surface area contributed by atoms with Gasteiger partial charge in [0.1, 0.15) is 16.1 Å². The average Bonchev–Trinajstić information content (AvgIpc) is 3.04. The van der Waals surface area contributed by atoms with Crippen molar-refractivity contribution in [1.29, 1.82) is 5.26 Å². The molecule has 2 aromatic heterocycles. The Bertz CT molecular complexity index is 1290. The first kappa shape index (κ1) is 25.9. The first-order valence-corrected chi connectivity index (χ1v) is 14.0. The van der Waals surface area contributed by atoms with Crippen LogP contribution in [0.5, 0.6) is 0 Å². The van der Waals surface area contributed by atoms with Crippen LogP contribution in [0.4, 0.5) is 5.00 Å². The lowest BCUT2D eigenvalue weighted by Gasteiger charge is -2.09. The number of fused-ring (bicyclic) bond motifs is 1. The minimum Gasteiger partial charge on any atom is -0.462 e. The Kier molecular flexibility index (Phi) is 8.79. The molecule has 0 atom stereocenters. The van der Waals surface area contributed by atoms with Crippen molar-refractivity contribution >= 4 is 40.0 Å². The summed E-state index contributed by atoms with van der Waals surface area (Å²) in [6.07, 6.45) is 5.28.